The van der Waals surface area contributed by atoms with Crippen molar-refractivity contribution in [3.63, 3.8) is 0 Å². The van der Waals surface area contributed by atoms with E-state index < -0.39 is 35.1 Å². The number of halogens is 2. The summed E-state index contributed by atoms with van der Waals surface area (Å²) < 4.78 is 39.4. The molecule has 180 valence electrons. The number of thiophene rings is 1. The summed E-state index contributed by atoms with van der Waals surface area (Å²) in [5, 5.41) is 13.3. The van der Waals surface area contributed by atoms with Crippen molar-refractivity contribution in [3.05, 3.63) is 87.5 Å². The van der Waals surface area contributed by atoms with E-state index in [0.717, 1.165) is 22.3 Å². The van der Waals surface area contributed by atoms with Gasteiger partial charge in [-0.3, -0.25) is 14.5 Å². The zero-order valence-electron chi connectivity index (χ0n) is 18.3. The summed E-state index contributed by atoms with van der Waals surface area (Å²) in [5.41, 5.74) is 0.0325. The Morgan fingerprint density at radius 1 is 1.19 bits per heavy atom. The third-order valence-electron chi connectivity index (χ3n) is 5.83. The number of benzene rings is 2. The second-order valence-electron chi connectivity index (χ2n) is 7.90. The van der Waals surface area contributed by atoms with Gasteiger partial charge in [0.15, 0.2) is 33.8 Å². The zero-order chi connectivity index (χ0) is 25.1. The van der Waals surface area contributed by atoms with Gasteiger partial charge in [0.05, 0.1) is 17.4 Å². The summed E-state index contributed by atoms with van der Waals surface area (Å²) in [4.78, 5) is 32.8. The molecule has 36 heavy (non-hydrogen) atoms. The maximum Gasteiger partial charge on any atom is 0.296 e. The molecule has 0 fully saturated rings. The lowest BCUT2D eigenvalue weighted by Gasteiger charge is -2.22. The number of nitrogens with zero attached hydrogens (tertiary/aromatic N) is 2. The molecule has 0 spiro atoms. The fraction of sp³-hybridized carbons (Fsp3) is 0.0800. The fourth-order valence-corrected chi connectivity index (χ4v) is 6.10. The Morgan fingerprint density at radius 3 is 2.78 bits per heavy atom. The van der Waals surface area contributed by atoms with Crippen LogP contribution in [0.2, 0.25) is 0 Å². The summed E-state index contributed by atoms with van der Waals surface area (Å²) in [7, 11) is 1.47. The number of ether oxygens (including phenoxy) is 1. The van der Waals surface area contributed by atoms with Crippen LogP contribution in [0.25, 0.3) is 21.2 Å². The standard InChI is InChI=1S/C25H14F2N2O5S2/c1-33-14-5-2-4-11-8-15(34-23(11)14)21(30)18-20(16-6-3-7-35-16)29(24(32)22(18)31)25-28-19-13(27)9-12(26)10-17(19)36-25/h2-10,20,31H,1H3. The second kappa shape index (κ2) is 8.25. The molecule has 0 saturated carbocycles. The Labute approximate surface area is 209 Å². The number of rotatable bonds is 5. The van der Waals surface area contributed by atoms with E-state index in [2.05, 4.69) is 4.98 Å². The first-order chi connectivity index (χ1) is 17.4. The molecular weight excluding hydrogens is 510 g/mol. The molecule has 5 aromatic rings. The molecule has 6 rings (SSSR count). The number of para-hydroxylation sites is 1. The van der Waals surface area contributed by atoms with E-state index in [1.807, 2.05) is 0 Å². The molecule has 1 aliphatic rings. The molecular formula is C25H14F2N2O5S2. The Balaban J connectivity index is 1.49. The van der Waals surface area contributed by atoms with Gasteiger partial charge in [-0.1, -0.05) is 29.5 Å². The van der Waals surface area contributed by atoms with E-state index in [0.29, 0.717) is 27.7 Å². The van der Waals surface area contributed by atoms with Crippen molar-refractivity contribution in [2.75, 3.05) is 12.0 Å². The highest BCUT2D eigenvalue weighted by molar-refractivity contribution is 7.22. The minimum Gasteiger partial charge on any atom is -0.503 e. The fourth-order valence-electron chi connectivity index (χ4n) is 4.24. The normalized spacial score (nSPS) is 16.0. The maximum atomic E-state index is 14.3. The minimum absolute atomic E-state index is 0.0125. The first-order valence-corrected chi connectivity index (χ1v) is 12.2. The molecule has 3 aromatic heterocycles. The lowest BCUT2D eigenvalue weighted by Crippen LogP contribution is -2.30. The molecule has 4 heterocycles. The first kappa shape index (κ1) is 22.4. The second-order valence-corrected chi connectivity index (χ2v) is 9.89. The largest absolute Gasteiger partial charge is 0.503 e. The average Bonchev–Trinajstić information content (AvgIpc) is 3.64. The van der Waals surface area contributed by atoms with Crippen LogP contribution in [0.1, 0.15) is 21.5 Å². The topological polar surface area (TPSA) is 92.9 Å². The predicted octanol–water partition coefficient (Wildman–Crippen LogP) is 6.17. The Hall–Kier alpha value is -4.09. The Bertz CT molecular complexity index is 1720. The van der Waals surface area contributed by atoms with E-state index in [1.165, 1.54) is 24.5 Å². The number of aliphatic hydroxyl groups excluding tert-OH is 1. The summed E-state index contributed by atoms with van der Waals surface area (Å²) in [5.74, 6) is -3.68. The highest BCUT2D eigenvalue weighted by atomic mass is 32.1. The number of amides is 1. The third kappa shape index (κ3) is 3.31. The third-order valence-corrected chi connectivity index (χ3v) is 7.75. The smallest absolute Gasteiger partial charge is 0.296 e. The molecule has 1 N–H and O–H groups in total. The number of carbonyl (C=O) groups is 2. The minimum atomic E-state index is -1.05. The summed E-state index contributed by atoms with van der Waals surface area (Å²) >= 11 is 2.14. The quantitative estimate of drug-likeness (QED) is 0.276. The highest BCUT2D eigenvalue weighted by Gasteiger charge is 2.47. The van der Waals surface area contributed by atoms with Crippen molar-refractivity contribution in [3.8, 4) is 5.75 Å². The van der Waals surface area contributed by atoms with Crippen molar-refractivity contribution >= 4 is 60.7 Å². The van der Waals surface area contributed by atoms with Crippen LogP contribution >= 0.6 is 22.7 Å². The number of methoxy groups -OCH3 is 1. The molecule has 0 aliphatic carbocycles. The molecule has 11 heteroatoms. The lowest BCUT2D eigenvalue weighted by molar-refractivity contribution is -0.117. The number of thiazole rings is 1. The molecule has 0 radical (unpaired) electrons. The van der Waals surface area contributed by atoms with Crippen LogP contribution in [-0.4, -0.2) is 28.9 Å². The summed E-state index contributed by atoms with van der Waals surface area (Å²) in [6.45, 7) is 0. The summed E-state index contributed by atoms with van der Waals surface area (Å²) in [6.07, 6.45) is 0. The number of hydrogen-bond acceptors (Lipinski definition) is 8. The van der Waals surface area contributed by atoms with Crippen LogP contribution < -0.4 is 9.64 Å². The van der Waals surface area contributed by atoms with E-state index >= 15 is 0 Å². The van der Waals surface area contributed by atoms with E-state index in [4.69, 9.17) is 9.15 Å². The van der Waals surface area contributed by atoms with Crippen LogP contribution in [0, 0.1) is 11.6 Å². The Morgan fingerprint density at radius 2 is 2.03 bits per heavy atom. The molecule has 7 nitrogen and oxygen atoms in total. The van der Waals surface area contributed by atoms with Gasteiger partial charge in [-0.2, -0.15) is 0 Å². The van der Waals surface area contributed by atoms with Crippen LogP contribution in [0.3, 0.4) is 0 Å². The van der Waals surface area contributed by atoms with Crippen LogP contribution in [0.4, 0.5) is 13.9 Å². The van der Waals surface area contributed by atoms with Crippen molar-refractivity contribution in [1.82, 2.24) is 4.98 Å². The van der Waals surface area contributed by atoms with Gasteiger partial charge >= 0.3 is 0 Å². The maximum absolute atomic E-state index is 14.3. The number of aromatic nitrogens is 1. The van der Waals surface area contributed by atoms with Crippen molar-refractivity contribution in [1.29, 1.82) is 0 Å². The number of fused-ring (bicyclic) bond motifs is 2. The molecule has 1 unspecified atom stereocenters. The number of Topliss-reactive ketones (excluding diaryl/α,β-unsaturated/α-hetero) is 1. The summed E-state index contributed by atoms with van der Waals surface area (Å²) in [6, 6.07) is 10.9. The van der Waals surface area contributed by atoms with Crippen molar-refractivity contribution < 1.29 is 32.6 Å². The van der Waals surface area contributed by atoms with E-state index in [9.17, 15) is 23.5 Å². The van der Waals surface area contributed by atoms with Gasteiger partial charge in [-0.25, -0.2) is 13.8 Å². The molecule has 0 bridgehead atoms. The molecule has 1 amide bonds. The SMILES string of the molecule is COc1cccc2cc(C(=O)C3=C(O)C(=O)N(c4nc5c(F)cc(F)cc5s4)C3c3cccs3)oc12. The molecule has 1 atom stereocenters. The van der Waals surface area contributed by atoms with Crippen LogP contribution in [0.15, 0.2) is 69.7 Å². The zero-order valence-corrected chi connectivity index (χ0v) is 20.0. The number of ketones is 1. The van der Waals surface area contributed by atoms with Gasteiger partial charge in [0.1, 0.15) is 17.4 Å². The number of furan rings is 1. The molecule has 1 aliphatic heterocycles. The number of hydrogen-bond donors (Lipinski definition) is 1. The van der Waals surface area contributed by atoms with Gasteiger partial charge in [0, 0.05) is 16.3 Å². The van der Waals surface area contributed by atoms with Gasteiger partial charge in [-0.15, -0.1) is 11.3 Å². The average molecular weight is 525 g/mol. The number of carbonyl (C=O) groups excluding carboxylic acids is 2. The monoisotopic (exact) mass is 524 g/mol. The van der Waals surface area contributed by atoms with Crippen LogP contribution in [0.5, 0.6) is 5.75 Å². The van der Waals surface area contributed by atoms with Gasteiger partial charge in [-0.05, 0) is 29.6 Å². The first-order valence-electron chi connectivity index (χ1n) is 10.5. The van der Waals surface area contributed by atoms with E-state index in [1.54, 1.807) is 35.7 Å². The van der Waals surface area contributed by atoms with Crippen molar-refractivity contribution in [2.24, 2.45) is 0 Å². The van der Waals surface area contributed by atoms with E-state index in [-0.39, 0.29) is 26.7 Å². The highest BCUT2D eigenvalue weighted by Crippen LogP contribution is 2.46. The van der Waals surface area contributed by atoms with Gasteiger partial charge in [0.25, 0.3) is 5.91 Å². The lowest BCUT2D eigenvalue weighted by atomic mass is 10.0. The van der Waals surface area contributed by atoms with Crippen LogP contribution in [-0.2, 0) is 4.79 Å². The number of aliphatic hydroxyl groups is 1. The molecule has 0 saturated heterocycles. The van der Waals surface area contributed by atoms with Crippen molar-refractivity contribution in [2.45, 2.75) is 6.04 Å². The van der Waals surface area contributed by atoms with Gasteiger partial charge in [0.2, 0.25) is 5.78 Å². The number of anilines is 1. The predicted molar refractivity (Wildman–Crippen MR) is 131 cm³/mol. The van der Waals surface area contributed by atoms with Gasteiger partial charge < -0.3 is 14.3 Å². The molecule has 2 aromatic carbocycles. The Kier molecular flexibility index (Phi) is 5.13.